The number of hydrogen-bond donors (Lipinski definition) is 2. The van der Waals surface area contributed by atoms with Gasteiger partial charge < -0.3 is 19.6 Å². The summed E-state index contributed by atoms with van der Waals surface area (Å²) >= 11 is 0. The maximum absolute atomic E-state index is 12.9. The number of nitrogens with zero attached hydrogens (tertiary/aromatic N) is 1. The minimum absolute atomic E-state index is 0.181. The number of anilines is 1. The van der Waals surface area contributed by atoms with E-state index in [1.807, 2.05) is 24.3 Å². The predicted octanol–water partition coefficient (Wildman–Crippen LogP) is 5.05. The second-order valence-corrected chi connectivity index (χ2v) is 9.38. The number of carbonyl (C=O) groups is 2. The average molecular weight is 475 g/mol. The molecular formula is C28H30N2O5. The first-order valence-corrected chi connectivity index (χ1v) is 12.1. The first-order valence-electron chi connectivity index (χ1n) is 12.1. The van der Waals surface area contributed by atoms with E-state index < -0.39 is 6.10 Å². The molecule has 0 saturated heterocycles. The summed E-state index contributed by atoms with van der Waals surface area (Å²) in [5.41, 5.74) is 3.05. The van der Waals surface area contributed by atoms with Crippen molar-refractivity contribution in [2.75, 3.05) is 12.0 Å². The normalized spacial score (nSPS) is 17.5. The minimum atomic E-state index is -0.563. The number of fused-ring (bicyclic) bond motifs is 1. The molecule has 1 aliphatic heterocycles. The number of methoxy groups -OCH3 is 1. The van der Waals surface area contributed by atoms with Crippen LogP contribution in [0.2, 0.25) is 0 Å². The number of rotatable bonds is 8. The van der Waals surface area contributed by atoms with Crippen LogP contribution in [0, 0.1) is 0 Å². The van der Waals surface area contributed by atoms with Crippen LogP contribution in [0.1, 0.15) is 76.9 Å². The number of imide groups is 1. The van der Waals surface area contributed by atoms with Gasteiger partial charge in [-0.1, -0.05) is 18.2 Å². The number of aliphatic hydroxyl groups excluding tert-OH is 1. The van der Waals surface area contributed by atoms with Gasteiger partial charge in [-0.2, -0.15) is 0 Å². The molecule has 0 spiro atoms. The molecule has 5 rings (SSSR count). The average Bonchev–Trinajstić information content (AvgIpc) is 3.59. The van der Waals surface area contributed by atoms with Crippen LogP contribution in [0.5, 0.6) is 11.5 Å². The quantitative estimate of drug-likeness (QED) is 0.446. The zero-order valence-corrected chi connectivity index (χ0v) is 20.0. The summed E-state index contributed by atoms with van der Waals surface area (Å²) in [4.78, 5) is 30.3. The Morgan fingerprint density at radius 2 is 1.71 bits per heavy atom. The molecule has 2 aromatic carbocycles. The van der Waals surface area contributed by atoms with E-state index in [1.54, 1.807) is 44.5 Å². The minimum Gasteiger partial charge on any atom is -0.493 e. The van der Waals surface area contributed by atoms with Crippen LogP contribution in [-0.2, 0) is 0 Å². The molecule has 182 valence electrons. The smallest absolute Gasteiger partial charge is 0.266 e. The highest BCUT2D eigenvalue weighted by Crippen LogP contribution is 2.39. The molecule has 0 bridgehead atoms. The lowest BCUT2D eigenvalue weighted by Crippen LogP contribution is -2.28. The summed E-state index contributed by atoms with van der Waals surface area (Å²) in [6.07, 6.45) is 6.15. The van der Waals surface area contributed by atoms with Crippen molar-refractivity contribution in [3.8, 4) is 11.5 Å². The number of amides is 2. The van der Waals surface area contributed by atoms with E-state index in [1.165, 1.54) is 17.7 Å². The second-order valence-electron chi connectivity index (χ2n) is 9.38. The molecule has 1 aromatic heterocycles. The van der Waals surface area contributed by atoms with Crippen LogP contribution in [0.25, 0.3) is 0 Å². The third-order valence-electron chi connectivity index (χ3n) is 6.88. The number of aromatic nitrogens is 1. The molecule has 1 saturated carbocycles. The highest BCUT2D eigenvalue weighted by Gasteiger charge is 2.37. The fourth-order valence-corrected chi connectivity index (χ4v) is 5.13. The van der Waals surface area contributed by atoms with Gasteiger partial charge in [0.2, 0.25) is 0 Å². The maximum Gasteiger partial charge on any atom is 0.266 e. The number of aliphatic hydroxyl groups is 1. The lowest BCUT2D eigenvalue weighted by molar-refractivity contribution is 0.0926. The van der Waals surface area contributed by atoms with Gasteiger partial charge in [-0.3, -0.25) is 9.59 Å². The fourth-order valence-electron chi connectivity index (χ4n) is 5.13. The van der Waals surface area contributed by atoms with E-state index in [-0.39, 0.29) is 23.8 Å². The third-order valence-corrected chi connectivity index (χ3v) is 6.88. The SMILES string of the molecule is COc1ccc(C(CC(C)O)c2cc(N3C(=O)c4ccccc4C3=O)c[nH]2)cc1OC1CCCC1. The van der Waals surface area contributed by atoms with Crippen molar-refractivity contribution >= 4 is 17.5 Å². The van der Waals surface area contributed by atoms with E-state index in [9.17, 15) is 14.7 Å². The highest BCUT2D eigenvalue weighted by atomic mass is 16.5. The van der Waals surface area contributed by atoms with Crippen LogP contribution in [0.15, 0.2) is 54.7 Å². The van der Waals surface area contributed by atoms with Crippen molar-refractivity contribution in [1.29, 1.82) is 0 Å². The summed E-state index contributed by atoms with van der Waals surface area (Å²) < 4.78 is 11.8. The number of hydrogen-bond acceptors (Lipinski definition) is 5. The zero-order valence-electron chi connectivity index (χ0n) is 20.0. The van der Waals surface area contributed by atoms with Crippen LogP contribution >= 0.6 is 0 Å². The van der Waals surface area contributed by atoms with Crippen molar-refractivity contribution < 1.29 is 24.2 Å². The Labute approximate surface area is 204 Å². The van der Waals surface area contributed by atoms with Gasteiger partial charge in [-0.25, -0.2) is 4.90 Å². The Morgan fingerprint density at radius 1 is 1.03 bits per heavy atom. The summed E-state index contributed by atoms with van der Waals surface area (Å²) in [7, 11) is 1.63. The van der Waals surface area contributed by atoms with Crippen LogP contribution < -0.4 is 14.4 Å². The molecule has 2 atom stereocenters. The first kappa shape index (κ1) is 23.2. The molecule has 2 aliphatic rings. The van der Waals surface area contributed by atoms with Gasteiger partial charge in [-0.05, 0) is 74.9 Å². The fraction of sp³-hybridized carbons (Fsp3) is 0.357. The van der Waals surface area contributed by atoms with Crippen molar-refractivity contribution in [1.82, 2.24) is 4.98 Å². The molecule has 7 heteroatoms. The van der Waals surface area contributed by atoms with Crippen LogP contribution in [0.3, 0.4) is 0 Å². The molecular weight excluding hydrogens is 444 g/mol. The molecule has 3 aromatic rings. The summed E-state index contributed by atoms with van der Waals surface area (Å²) in [6.45, 7) is 1.75. The number of ether oxygens (including phenoxy) is 2. The number of carbonyl (C=O) groups excluding carboxylic acids is 2. The Kier molecular flexibility index (Phi) is 6.34. The number of aromatic amines is 1. The van der Waals surface area contributed by atoms with E-state index in [2.05, 4.69) is 4.98 Å². The lowest BCUT2D eigenvalue weighted by Gasteiger charge is -2.21. The number of nitrogens with one attached hydrogen (secondary N) is 1. The zero-order chi connectivity index (χ0) is 24.5. The predicted molar refractivity (Wildman–Crippen MR) is 132 cm³/mol. The standard InChI is InChI=1S/C28H30N2O5/c1-17(31)13-23(18-11-12-25(34-2)26(14-18)35-20-7-3-4-8-20)24-15-19(16-29-24)30-27(32)21-9-5-6-10-22(21)28(30)33/h5-6,9-12,14-17,20,23,29,31H,3-4,7-8,13H2,1-2H3. The van der Waals surface area contributed by atoms with Crippen LogP contribution in [-0.4, -0.2) is 41.2 Å². The Balaban J connectivity index is 1.47. The molecule has 35 heavy (non-hydrogen) atoms. The topological polar surface area (TPSA) is 91.9 Å². The summed E-state index contributed by atoms with van der Waals surface area (Å²) in [5.74, 6) is 0.505. The second kappa shape index (κ2) is 9.58. The first-order chi connectivity index (χ1) is 17.0. The molecule has 2 amide bonds. The molecule has 1 fully saturated rings. The molecule has 2 unspecified atom stereocenters. The van der Waals surface area contributed by atoms with E-state index in [0.717, 1.165) is 24.1 Å². The summed E-state index contributed by atoms with van der Waals surface area (Å²) in [5, 5.41) is 10.3. The van der Waals surface area contributed by atoms with Gasteiger partial charge in [0.05, 0.1) is 36.1 Å². The third kappa shape index (κ3) is 4.44. The van der Waals surface area contributed by atoms with Gasteiger partial charge in [0.15, 0.2) is 11.5 Å². The molecule has 7 nitrogen and oxygen atoms in total. The Hall–Kier alpha value is -3.58. The van der Waals surface area contributed by atoms with Gasteiger partial charge in [0, 0.05) is 17.8 Å². The van der Waals surface area contributed by atoms with E-state index in [4.69, 9.17) is 9.47 Å². The Bertz CT molecular complexity index is 1210. The largest absolute Gasteiger partial charge is 0.493 e. The van der Waals surface area contributed by atoms with Crippen LogP contribution in [0.4, 0.5) is 5.69 Å². The van der Waals surface area contributed by atoms with Gasteiger partial charge in [0.1, 0.15) is 0 Å². The molecule has 0 radical (unpaired) electrons. The van der Waals surface area contributed by atoms with Crippen molar-refractivity contribution in [3.63, 3.8) is 0 Å². The highest BCUT2D eigenvalue weighted by molar-refractivity contribution is 6.34. The monoisotopic (exact) mass is 474 g/mol. The maximum atomic E-state index is 12.9. The molecule has 2 heterocycles. The number of H-pyrrole nitrogens is 1. The molecule has 2 N–H and O–H groups in total. The lowest BCUT2D eigenvalue weighted by atomic mass is 9.90. The Morgan fingerprint density at radius 3 is 2.34 bits per heavy atom. The molecule has 1 aliphatic carbocycles. The number of benzene rings is 2. The van der Waals surface area contributed by atoms with Gasteiger partial charge in [0.25, 0.3) is 11.8 Å². The van der Waals surface area contributed by atoms with Gasteiger partial charge >= 0.3 is 0 Å². The van der Waals surface area contributed by atoms with Crippen molar-refractivity contribution in [2.24, 2.45) is 0 Å². The van der Waals surface area contributed by atoms with E-state index >= 15 is 0 Å². The summed E-state index contributed by atoms with van der Waals surface area (Å²) in [6, 6.07) is 14.5. The van der Waals surface area contributed by atoms with Gasteiger partial charge in [-0.15, -0.1) is 0 Å². The van der Waals surface area contributed by atoms with Crippen molar-refractivity contribution in [3.05, 3.63) is 77.1 Å². The van der Waals surface area contributed by atoms with Crippen molar-refractivity contribution in [2.45, 2.75) is 57.2 Å². The van der Waals surface area contributed by atoms with E-state index in [0.29, 0.717) is 34.7 Å².